The van der Waals surface area contributed by atoms with Gasteiger partial charge in [0.25, 0.3) is 0 Å². The molecule has 0 N–H and O–H groups in total. The Kier molecular flexibility index (Phi) is 4.94. The van der Waals surface area contributed by atoms with Gasteiger partial charge in [0.05, 0.1) is 0 Å². The quantitative estimate of drug-likeness (QED) is 0.617. The molecule has 0 saturated heterocycles. The summed E-state index contributed by atoms with van der Waals surface area (Å²) in [4.78, 5) is 12.6. The third kappa shape index (κ3) is 3.46. The topological polar surface area (TPSA) is 26.3 Å². The van der Waals surface area contributed by atoms with E-state index in [1.165, 1.54) is 22.8 Å². The van der Waals surface area contributed by atoms with Gasteiger partial charge in [-0.15, -0.1) is 0 Å². The molecule has 22 heavy (non-hydrogen) atoms. The second kappa shape index (κ2) is 5.89. The molecule has 0 bridgehead atoms. The van der Waals surface area contributed by atoms with Crippen LogP contribution in [0.2, 0.25) is 35.4 Å². The minimum absolute atomic E-state index is 0.228. The van der Waals surface area contributed by atoms with Crippen molar-refractivity contribution >= 4 is 27.4 Å². The van der Waals surface area contributed by atoms with E-state index in [9.17, 15) is 4.79 Å². The number of allylic oxidation sites excluding steroid dienone is 1. The molecule has 0 heterocycles. The summed E-state index contributed by atoms with van der Waals surface area (Å²) >= 11 is -2.13. The zero-order valence-corrected chi connectivity index (χ0v) is 18.9. The molecule has 1 saturated carbocycles. The zero-order chi connectivity index (χ0) is 16.9. The fourth-order valence-electron chi connectivity index (χ4n) is 3.69. The first-order chi connectivity index (χ1) is 9.84. The number of rotatable bonds is 3. The Labute approximate surface area is 140 Å². The summed E-state index contributed by atoms with van der Waals surface area (Å²) in [5, 5.41) is 0.229. The average molecular weight is 383 g/mol. The molecule has 0 radical (unpaired) electrons. The Morgan fingerprint density at radius 3 is 2.23 bits per heavy atom. The maximum absolute atomic E-state index is 12.6. The summed E-state index contributed by atoms with van der Waals surface area (Å²) in [7, 11) is -1.79. The number of hydrogen-bond donors (Lipinski definition) is 0. The third-order valence-corrected chi connectivity index (χ3v) is 14.6. The molecule has 0 unspecified atom stereocenters. The van der Waals surface area contributed by atoms with Crippen molar-refractivity contribution < 1.29 is 9.22 Å². The molecule has 2 aliphatic rings. The molecule has 2 rings (SSSR count). The summed E-state index contributed by atoms with van der Waals surface area (Å²) in [5.41, 5.74) is 1.45. The van der Waals surface area contributed by atoms with Crippen LogP contribution in [-0.2, 0) is 9.22 Å². The zero-order valence-electron chi connectivity index (χ0n) is 15.8. The number of ketones is 1. The van der Waals surface area contributed by atoms with Crippen LogP contribution in [0.15, 0.2) is 9.98 Å². The van der Waals surface area contributed by atoms with Crippen molar-refractivity contribution in [3.63, 3.8) is 0 Å². The standard InChI is InChI=1S/C18H34GeO2Si/c1-18(2,3)22(7,8)21-15-11-9-10-13-12-14(20)17(16(13)15)19(4,5)6/h13,15H,9-12H2,1-8H3/t13-,15+/m0/s1. The molecule has 0 aliphatic heterocycles. The predicted octanol–water partition coefficient (Wildman–Crippen LogP) is 5.32. The Morgan fingerprint density at radius 1 is 1.14 bits per heavy atom. The number of carbonyl (C=O) groups is 1. The third-order valence-electron chi connectivity index (χ3n) is 5.80. The van der Waals surface area contributed by atoms with Gasteiger partial charge in [-0.25, -0.2) is 0 Å². The second-order valence-corrected chi connectivity index (χ2v) is 24.9. The average Bonchev–Trinajstić information content (AvgIpc) is 2.63. The van der Waals surface area contributed by atoms with Gasteiger partial charge in [0.15, 0.2) is 0 Å². The van der Waals surface area contributed by atoms with Crippen LogP contribution in [0.1, 0.15) is 46.5 Å². The van der Waals surface area contributed by atoms with Gasteiger partial charge >= 0.3 is 140 Å². The summed E-state index contributed by atoms with van der Waals surface area (Å²) in [5.74, 6) is 8.04. The SMILES string of the molecule is CC(C)(C)[Si](C)(C)O[C@@H]1CCC[C@H]2CC(=O)[C]([Ge]([CH3])([CH3])[CH3])=C21. The summed E-state index contributed by atoms with van der Waals surface area (Å²) < 4.78 is 8.06. The van der Waals surface area contributed by atoms with Crippen molar-refractivity contribution in [3.05, 3.63) is 9.98 Å². The summed E-state index contributed by atoms with van der Waals surface area (Å²) in [6.45, 7) is 11.6. The first-order valence-electron chi connectivity index (χ1n) is 8.80. The van der Waals surface area contributed by atoms with Gasteiger partial charge in [0.2, 0.25) is 0 Å². The Bertz CT molecular complexity index is 494. The molecule has 0 amide bonds. The van der Waals surface area contributed by atoms with Crippen LogP contribution in [0.25, 0.3) is 0 Å². The molecule has 1 fully saturated rings. The number of carbonyl (C=O) groups excluding carboxylic acids is 1. The van der Waals surface area contributed by atoms with Gasteiger partial charge in [0, 0.05) is 0 Å². The van der Waals surface area contributed by atoms with Crippen molar-refractivity contribution in [2.45, 2.75) is 88.0 Å². The molecule has 2 aliphatic carbocycles. The molecule has 2 nitrogen and oxygen atoms in total. The van der Waals surface area contributed by atoms with Gasteiger partial charge in [-0.3, -0.25) is 0 Å². The molecule has 126 valence electrons. The van der Waals surface area contributed by atoms with E-state index in [1.807, 2.05) is 0 Å². The second-order valence-electron chi connectivity index (χ2n) is 9.70. The van der Waals surface area contributed by atoms with Gasteiger partial charge in [-0.2, -0.15) is 0 Å². The van der Waals surface area contributed by atoms with Crippen molar-refractivity contribution in [1.82, 2.24) is 0 Å². The molecule has 2 atom stereocenters. The Morgan fingerprint density at radius 2 is 1.73 bits per heavy atom. The number of fused-ring (bicyclic) bond motifs is 1. The molecule has 0 aromatic carbocycles. The van der Waals surface area contributed by atoms with Crippen LogP contribution in [-0.4, -0.2) is 33.5 Å². The maximum atomic E-state index is 12.6. The van der Waals surface area contributed by atoms with Crippen LogP contribution in [0.4, 0.5) is 0 Å². The Balaban J connectivity index is 2.39. The van der Waals surface area contributed by atoms with Crippen molar-refractivity contribution in [2.24, 2.45) is 5.92 Å². The van der Waals surface area contributed by atoms with Gasteiger partial charge in [-0.05, 0) is 0 Å². The first-order valence-corrected chi connectivity index (χ1v) is 19.1. The molecule has 0 aromatic rings. The van der Waals surface area contributed by atoms with Crippen LogP contribution in [0, 0.1) is 5.92 Å². The first kappa shape index (κ1) is 18.5. The van der Waals surface area contributed by atoms with Crippen LogP contribution in [0.5, 0.6) is 0 Å². The molecular formula is C18H34GeO2Si. The predicted molar refractivity (Wildman–Crippen MR) is 99.4 cm³/mol. The van der Waals surface area contributed by atoms with E-state index in [1.54, 1.807) is 0 Å². The van der Waals surface area contributed by atoms with Crippen LogP contribution < -0.4 is 0 Å². The summed E-state index contributed by atoms with van der Waals surface area (Å²) in [6, 6.07) is 0. The van der Waals surface area contributed by atoms with E-state index >= 15 is 0 Å². The van der Waals surface area contributed by atoms with E-state index in [4.69, 9.17) is 4.43 Å². The number of hydrogen-bond acceptors (Lipinski definition) is 2. The molecule has 0 aromatic heterocycles. The number of Topliss-reactive ketones (excluding diaryl/α,β-unsaturated/α-hetero) is 1. The fraction of sp³-hybridized carbons (Fsp3) is 0.833. The van der Waals surface area contributed by atoms with Gasteiger partial charge < -0.3 is 0 Å². The van der Waals surface area contributed by atoms with Gasteiger partial charge in [-0.1, -0.05) is 0 Å². The summed E-state index contributed by atoms with van der Waals surface area (Å²) in [6.07, 6.45) is 4.52. The van der Waals surface area contributed by atoms with E-state index in [0.29, 0.717) is 11.7 Å². The van der Waals surface area contributed by atoms with E-state index in [0.717, 1.165) is 12.8 Å². The Hall–Kier alpha value is 0.130. The molecule has 0 spiro atoms. The van der Waals surface area contributed by atoms with Crippen molar-refractivity contribution in [3.8, 4) is 0 Å². The fourth-order valence-corrected chi connectivity index (χ4v) is 9.56. The van der Waals surface area contributed by atoms with Crippen molar-refractivity contribution in [2.75, 3.05) is 0 Å². The monoisotopic (exact) mass is 384 g/mol. The molecule has 4 heteroatoms. The van der Waals surface area contributed by atoms with E-state index < -0.39 is 21.6 Å². The van der Waals surface area contributed by atoms with Gasteiger partial charge in [0.1, 0.15) is 0 Å². The van der Waals surface area contributed by atoms with E-state index in [-0.39, 0.29) is 11.1 Å². The van der Waals surface area contributed by atoms with E-state index in [2.05, 4.69) is 51.1 Å². The van der Waals surface area contributed by atoms with Crippen LogP contribution in [0.3, 0.4) is 0 Å². The normalized spacial score (nSPS) is 27.4. The van der Waals surface area contributed by atoms with Crippen LogP contribution >= 0.6 is 0 Å². The molecular weight excluding hydrogens is 349 g/mol. The van der Waals surface area contributed by atoms with Crippen molar-refractivity contribution in [1.29, 1.82) is 0 Å². The minimum atomic E-state index is -2.13.